The van der Waals surface area contributed by atoms with E-state index in [-0.39, 0.29) is 0 Å². The number of likely N-dealkylation sites (tertiary alicyclic amines) is 1. The molecule has 6 heteroatoms. The van der Waals surface area contributed by atoms with Crippen molar-refractivity contribution < 1.29 is 0 Å². The molecule has 2 fully saturated rings. The van der Waals surface area contributed by atoms with Crippen LogP contribution < -0.4 is 5.32 Å². The van der Waals surface area contributed by atoms with Gasteiger partial charge >= 0.3 is 0 Å². The monoisotopic (exact) mass is 440 g/mol. The number of nitrogens with zero attached hydrogens (tertiary/aromatic N) is 4. The van der Waals surface area contributed by atoms with E-state index in [1.807, 2.05) is 16.9 Å². The van der Waals surface area contributed by atoms with Crippen LogP contribution in [0.5, 0.6) is 0 Å². The Hall–Kier alpha value is -3.12. The lowest BCUT2D eigenvalue weighted by molar-refractivity contribution is 0.245. The van der Waals surface area contributed by atoms with Crippen LogP contribution in [0.1, 0.15) is 43.4 Å². The standard InChI is InChI=1S/C27H32N6/c1-18(30-21-9-11-32(2)12-10-21)24-17-29-33-13-8-20(15-26(24)33)25-16-28-27-23(25)7-6-22(31-27)14-19-4-3-5-19/h6-8,13,15-17,19,21,30H,1,3-5,9-12,14H2,2H3,(H,28,31). The molecule has 0 radical (unpaired) electrons. The average molecular weight is 441 g/mol. The van der Waals surface area contributed by atoms with E-state index in [1.165, 1.54) is 35.9 Å². The maximum atomic E-state index is 4.91. The van der Waals surface area contributed by atoms with Gasteiger partial charge in [0.25, 0.3) is 0 Å². The summed E-state index contributed by atoms with van der Waals surface area (Å²) in [5.41, 5.74) is 7.61. The second kappa shape index (κ2) is 8.34. The fourth-order valence-electron chi connectivity index (χ4n) is 5.25. The quantitative estimate of drug-likeness (QED) is 0.449. The van der Waals surface area contributed by atoms with Gasteiger partial charge in [0, 0.05) is 46.3 Å². The lowest BCUT2D eigenvalue weighted by Gasteiger charge is -2.30. The van der Waals surface area contributed by atoms with Crippen molar-refractivity contribution in [2.24, 2.45) is 5.92 Å². The minimum atomic E-state index is 0.473. The van der Waals surface area contributed by atoms with Gasteiger partial charge in [0.2, 0.25) is 0 Å². The topological polar surface area (TPSA) is 61.2 Å². The first-order valence-electron chi connectivity index (χ1n) is 12.2. The summed E-state index contributed by atoms with van der Waals surface area (Å²) in [6.07, 6.45) is 13.5. The van der Waals surface area contributed by atoms with E-state index in [2.05, 4.69) is 64.4 Å². The molecule has 1 aliphatic heterocycles. The summed E-state index contributed by atoms with van der Waals surface area (Å²) in [4.78, 5) is 10.7. The molecule has 6 rings (SSSR count). The van der Waals surface area contributed by atoms with Crippen molar-refractivity contribution in [1.82, 2.24) is 29.8 Å². The van der Waals surface area contributed by atoms with Gasteiger partial charge in [-0.3, -0.25) is 0 Å². The Morgan fingerprint density at radius 3 is 2.82 bits per heavy atom. The molecule has 0 aromatic carbocycles. The highest BCUT2D eigenvalue weighted by Gasteiger charge is 2.20. The highest BCUT2D eigenvalue weighted by Crippen LogP contribution is 2.32. The van der Waals surface area contributed by atoms with Gasteiger partial charge < -0.3 is 15.2 Å². The molecule has 0 unspecified atom stereocenters. The van der Waals surface area contributed by atoms with E-state index < -0.39 is 0 Å². The van der Waals surface area contributed by atoms with Crippen LogP contribution in [0.25, 0.3) is 33.4 Å². The molecular formula is C27H32N6. The van der Waals surface area contributed by atoms with Gasteiger partial charge in [-0.1, -0.05) is 25.8 Å². The number of nitrogens with one attached hydrogen (secondary N) is 2. The average Bonchev–Trinajstić information content (AvgIpc) is 3.41. The molecule has 33 heavy (non-hydrogen) atoms. The molecule has 0 atom stereocenters. The van der Waals surface area contributed by atoms with Gasteiger partial charge in [0.05, 0.1) is 11.7 Å². The zero-order chi connectivity index (χ0) is 22.4. The molecule has 0 bridgehead atoms. The predicted molar refractivity (Wildman–Crippen MR) is 134 cm³/mol. The largest absolute Gasteiger partial charge is 0.382 e. The number of aromatic nitrogens is 4. The fourth-order valence-corrected chi connectivity index (χ4v) is 5.25. The second-order valence-electron chi connectivity index (χ2n) is 9.91. The van der Waals surface area contributed by atoms with Crippen LogP contribution >= 0.6 is 0 Å². The van der Waals surface area contributed by atoms with Gasteiger partial charge in [-0.15, -0.1) is 0 Å². The minimum Gasteiger partial charge on any atom is -0.382 e. The molecule has 0 spiro atoms. The van der Waals surface area contributed by atoms with E-state index >= 15 is 0 Å². The zero-order valence-corrected chi connectivity index (χ0v) is 19.3. The molecular weight excluding hydrogens is 408 g/mol. The number of H-pyrrole nitrogens is 1. The van der Waals surface area contributed by atoms with Gasteiger partial charge in [-0.05, 0) is 75.1 Å². The van der Waals surface area contributed by atoms with Crippen LogP contribution in [0.4, 0.5) is 0 Å². The third kappa shape index (κ3) is 3.93. The first kappa shape index (κ1) is 20.5. The highest BCUT2D eigenvalue weighted by atomic mass is 15.2. The first-order chi connectivity index (χ1) is 16.1. The highest BCUT2D eigenvalue weighted by molar-refractivity contribution is 5.94. The molecule has 2 N–H and O–H groups in total. The van der Waals surface area contributed by atoms with Gasteiger partial charge in [0.1, 0.15) is 5.65 Å². The van der Waals surface area contributed by atoms with Crippen molar-refractivity contribution in [3.63, 3.8) is 0 Å². The fraction of sp³-hybridized carbons (Fsp3) is 0.407. The molecule has 5 heterocycles. The molecule has 170 valence electrons. The van der Waals surface area contributed by atoms with Gasteiger partial charge in [-0.25, -0.2) is 9.50 Å². The lowest BCUT2D eigenvalue weighted by atomic mass is 9.82. The number of aromatic amines is 1. The van der Waals surface area contributed by atoms with Gasteiger partial charge in [0.15, 0.2) is 0 Å². The molecule has 4 aromatic heterocycles. The van der Waals surface area contributed by atoms with Crippen molar-refractivity contribution >= 4 is 22.2 Å². The summed E-state index contributed by atoms with van der Waals surface area (Å²) >= 11 is 0. The summed E-state index contributed by atoms with van der Waals surface area (Å²) < 4.78 is 1.93. The summed E-state index contributed by atoms with van der Waals surface area (Å²) in [5, 5.41) is 9.40. The Morgan fingerprint density at radius 2 is 2.03 bits per heavy atom. The maximum absolute atomic E-state index is 4.91. The lowest BCUT2D eigenvalue weighted by Crippen LogP contribution is -2.39. The van der Waals surface area contributed by atoms with Crippen LogP contribution in [0, 0.1) is 5.92 Å². The third-order valence-electron chi connectivity index (χ3n) is 7.57. The van der Waals surface area contributed by atoms with Crippen molar-refractivity contribution in [2.75, 3.05) is 20.1 Å². The van der Waals surface area contributed by atoms with Crippen LogP contribution in [0.15, 0.2) is 49.4 Å². The summed E-state index contributed by atoms with van der Waals surface area (Å²) in [6, 6.07) is 9.25. The van der Waals surface area contributed by atoms with Crippen LogP contribution in [0.2, 0.25) is 0 Å². The van der Waals surface area contributed by atoms with E-state index in [9.17, 15) is 0 Å². The summed E-state index contributed by atoms with van der Waals surface area (Å²) in [5.74, 6) is 0.823. The van der Waals surface area contributed by atoms with Crippen molar-refractivity contribution in [3.05, 3.63) is 60.7 Å². The Morgan fingerprint density at radius 1 is 1.18 bits per heavy atom. The number of rotatable bonds is 6. The van der Waals surface area contributed by atoms with E-state index in [0.29, 0.717) is 6.04 Å². The smallest absolute Gasteiger partial charge is 0.138 e. The van der Waals surface area contributed by atoms with E-state index in [4.69, 9.17) is 4.98 Å². The number of fused-ring (bicyclic) bond motifs is 2. The van der Waals surface area contributed by atoms with E-state index in [1.54, 1.807) is 0 Å². The normalized spacial score (nSPS) is 18.1. The van der Waals surface area contributed by atoms with Gasteiger partial charge in [-0.2, -0.15) is 5.10 Å². The number of hydrogen-bond acceptors (Lipinski definition) is 4. The van der Waals surface area contributed by atoms with Crippen LogP contribution in [-0.2, 0) is 6.42 Å². The molecule has 4 aromatic rings. The Balaban J connectivity index is 1.27. The van der Waals surface area contributed by atoms with Crippen molar-refractivity contribution in [1.29, 1.82) is 0 Å². The predicted octanol–water partition coefficient (Wildman–Crippen LogP) is 4.87. The molecule has 0 amide bonds. The zero-order valence-electron chi connectivity index (χ0n) is 19.3. The maximum Gasteiger partial charge on any atom is 0.138 e. The summed E-state index contributed by atoms with van der Waals surface area (Å²) in [7, 11) is 2.19. The van der Waals surface area contributed by atoms with Crippen molar-refractivity contribution in [2.45, 2.75) is 44.6 Å². The minimum absolute atomic E-state index is 0.473. The summed E-state index contributed by atoms with van der Waals surface area (Å²) in [6.45, 7) is 6.61. The SMILES string of the molecule is C=C(NC1CCN(C)CC1)c1cnn2ccc(-c3c[nH]c4nc(CC5CCC5)ccc34)cc12. The Bertz CT molecular complexity index is 1300. The van der Waals surface area contributed by atoms with Crippen LogP contribution in [0.3, 0.4) is 0 Å². The first-order valence-corrected chi connectivity index (χ1v) is 12.2. The molecule has 1 saturated heterocycles. The number of piperidine rings is 1. The second-order valence-corrected chi connectivity index (χ2v) is 9.91. The molecule has 2 aliphatic rings. The van der Waals surface area contributed by atoms with Crippen molar-refractivity contribution in [3.8, 4) is 11.1 Å². The molecule has 6 nitrogen and oxygen atoms in total. The Kier molecular flexibility index (Phi) is 5.18. The number of pyridine rings is 2. The van der Waals surface area contributed by atoms with E-state index in [0.717, 1.165) is 66.3 Å². The molecule has 1 aliphatic carbocycles. The number of hydrogen-bond donors (Lipinski definition) is 2. The Labute approximate surface area is 194 Å². The van der Waals surface area contributed by atoms with Crippen LogP contribution in [-0.4, -0.2) is 50.7 Å². The third-order valence-corrected chi connectivity index (χ3v) is 7.57. The molecule has 1 saturated carbocycles.